The molecule has 1 fully saturated rings. The Bertz CT molecular complexity index is 439. The van der Waals surface area contributed by atoms with Gasteiger partial charge in [0.25, 0.3) is 0 Å². The minimum atomic E-state index is 0.0426. The lowest BCUT2D eigenvalue weighted by Gasteiger charge is -2.14. The third-order valence-corrected chi connectivity index (χ3v) is 4.78. The molecule has 1 aromatic carbocycles. The Hall–Kier alpha value is -0.710. The summed E-state index contributed by atoms with van der Waals surface area (Å²) in [6.07, 6.45) is 1.32. The van der Waals surface area contributed by atoms with Gasteiger partial charge in [-0.25, -0.2) is 0 Å². The van der Waals surface area contributed by atoms with E-state index in [1.54, 1.807) is 17.8 Å². The van der Waals surface area contributed by atoms with Crippen LogP contribution < -0.4 is 5.73 Å². The summed E-state index contributed by atoms with van der Waals surface area (Å²) in [5.41, 5.74) is 6.08. The first-order valence-electron chi connectivity index (χ1n) is 5.50. The van der Waals surface area contributed by atoms with Crippen LogP contribution in [0.5, 0.6) is 0 Å². The summed E-state index contributed by atoms with van der Waals surface area (Å²) in [7, 11) is 0. The van der Waals surface area contributed by atoms with Crippen molar-refractivity contribution in [2.45, 2.75) is 29.6 Å². The monoisotopic (exact) mass is 270 g/mol. The van der Waals surface area contributed by atoms with Gasteiger partial charge in [0.2, 0.25) is 0 Å². The van der Waals surface area contributed by atoms with E-state index in [0.717, 1.165) is 17.9 Å². The number of thioether (sulfide) groups is 1. The summed E-state index contributed by atoms with van der Waals surface area (Å²) < 4.78 is 5.52. The van der Waals surface area contributed by atoms with E-state index in [1.807, 2.05) is 12.1 Å². The molecule has 2 unspecified atom stereocenters. The predicted molar refractivity (Wildman–Crippen MR) is 72.1 cm³/mol. The number of hydrogen-bond donors (Lipinski definition) is 2. The fourth-order valence-corrected chi connectivity index (χ4v) is 3.24. The smallest absolute Gasteiger partial charge is 0.122 e. The van der Waals surface area contributed by atoms with Gasteiger partial charge in [-0.2, -0.15) is 0 Å². The van der Waals surface area contributed by atoms with Crippen LogP contribution in [0.25, 0.3) is 0 Å². The van der Waals surface area contributed by atoms with Crippen LogP contribution in [-0.2, 0) is 4.74 Å². The van der Waals surface area contributed by atoms with Crippen LogP contribution in [0, 0.1) is 5.41 Å². The molecule has 2 rings (SSSR count). The van der Waals surface area contributed by atoms with E-state index in [2.05, 4.69) is 6.92 Å². The summed E-state index contributed by atoms with van der Waals surface area (Å²) in [4.78, 5) is 1.03. The Labute approximate surface area is 110 Å². The standard InChI is InChI=1S/C12H15ClN2OS/c1-7-10(4-5-16-7)17-11-3-2-8(12(14)15)6-9(11)13/h2-3,6-7,10H,4-5H2,1H3,(H3,14,15). The molecular weight excluding hydrogens is 256 g/mol. The molecule has 5 heteroatoms. The lowest BCUT2D eigenvalue weighted by molar-refractivity contribution is 0.127. The molecule has 1 aliphatic rings. The molecule has 1 saturated heterocycles. The minimum absolute atomic E-state index is 0.0426. The number of rotatable bonds is 3. The van der Waals surface area contributed by atoms with Crippen molar-refractivity contribution in [2.24, 2.45) is 5.73 Å². The molecule has 92 valence electrons. The van der Waals surface area contributed by atoms with Crippen molar-refractivity contribution in [2.75, 3.05) is 6.61 Å². The molecule has 0 amide bonds. The van der Waals surface area contributed by atoms with Crippen molar-refractivity contribution >= 4 is 29.2 Å². The number of ether oxygens (including phenoxy) is 1. The van der Waals surface area contributed by atoms with Crippen LogP contribution in [0.15, 0.2) is 23.1 Å². The Morgan fingerprint density at radius 1 is 1.59 bits per heavy atom. The Morgan fingerprint density at radius 2 is 2.35 bits per heavy atom. The molecule has 17 heavy (non-hydrogen) atoms. The molecule has 2 atom stereocenters. The highest BCUT2D eigenvalue weighted by atomic mass is 35.5. The van der Waals surface area contributed by atoms with Gasteiger partial charge in [0, 0.05) is 22.3 Å². The first kappa shape index (κ1) is 12.7. The van der Waals surface area contributed by atoms with Crippen molar-refractivity contribution in [1.82, 2.24) is 0 Å². The van der Waals surface area contributed by atoms with E-state index in [1.165, 1.54) is 0 Å². The van der Waals surface area contributed by atoms with Gasteiger partial charge in [0.05, 0.1) is 11.1 Å². The molecule has 0 bridgehead atoms. The summed E-state index contributed by atoms with van der Waals surface area (Å²) in [6.45, 7) is 2.91. The Morgan fingerprint density at radius 3 is 2.88 bits per heavy atom. The van der Waals surface area contributed by atoms with Gasteiger partial charge in [-0.3, -0.25) is 5.41 Å². The molecule has 0 aliphatic carbocycles. The summed E-state index contributed by atoms with van der Waals surface area (Å²) in [6, 6.07) is 5.50. The fourth-order valence-electron chi connectivity index (χ4n) is 1.79. The molecule has 1 aliphatic heterocycles. The molecule has 3 nitrogen and oxygen atoms in total. The highest BCUT2D eigenvalue weighted by Crippen LogP contribution is 2.36. The van der Waals surface area contributed by atoms with Crippen LogP contribution in [0.1, 0.15) is 18.9 Å². The maximum Gasteiger partial charge on any atom is 0.122 e. The van der Waals surface area contributed by atoms with Gasteiger partial charge in [0.15, 0.2) is 0 Å². The van der Waals surface area contributed by atoms with Crippen molar-refractivity contribution < 1.29 is 4.74 Å². The van der Waals surface area contributed by atoms with Crippen molar-refractivity contribution in [3.63, 3.8) is 0 Å². The van der Waals surface area contributed by atoms with Crippen LogP contribution >= 0.6 is 23.4 Å². The highest BCUT2D eigenvalue weighted by Gasteiger charge is 2.25. The van der Waals surface area contributed by atoms with E-state index in [0.29, 0.717) is 15.8 Å². The molecule has 0 aromatic heterocycles. The summed E-state index contributed by atoms with van der Waals surface area (Å²) >= 11 is 7.92. The van der Waals surface area contributed by atoms with E-state index < -0.39 is 0 Å². The largest absolute Gasteiger partial charge is 0.384 e. The summed E-state index contributed by atoms with van der Waals surface area (Å²) in [5, 5.41) is 8.46. The molecule has 1 aromatic rings. The Balaban J connectivity index is 2.14. The molecule has 3 N–H and O–H groups in total. The third kappa shape index (κ3) is 2.94. The fraction of sp³-hybridized carbons (Fsp3) is 0.417. The second kappa shape index (κ2) is 5.29. The van der Waals surface area contributed by atoms with Crippen molar-refractivity contribution in [3.05, 3.63) is 28.8 Å². The normalized spacial score (nSPS) is 23.9. The van der Waals surface area contributed by atoms with Crippen LogP contribution in [0.2, 0.25) is 5.02 Å². The SMILES string of the molecule is CC1OCCC1Sc1ccc(C(=N)N)cc1Cl. The molecule has 0 saturated carbocycles. The van der Waals surface area contributed by atoms with Crippen molar-refractivity contribution in [1.29, 1.82) is 5.41 Å². The number of nitrogen functional groups attached to an aromatic ring is 1. The zero-order valence-corrected chi connectivity index (χ0v) is 11.1. The van der Waals surface area contributed by atoms with Gasteiger partial charge in [0.1, 0.15) is 5.84 Å². The topological polar surface area (TPSA) is 59.1 Å². The number of nitrogens with two attached hydrogens (primary N) is 1. The maximum atomic E-state index is 7.35. The quantitative estimate of drug-likeness (QED) is 0.656. The predicted octanol–water partition coefficient (Wildman–Crippen LogP) is 2.89. The number of hydrogen-bond acceptors (Lipinski definition) is 3. The van der Waals surface area contributed by atoms with Crippen LogP contribution in [-0.4, -0.2) is 23.8 Å². The van der Waals surface area contributed by atoms with E-state index in [4.69, 9.17) is 27.5 Å². The molecular formula is C12H15ClN2OS. The number of amidine groups is 1. The number of halogens is 1. The van der Waals surface area contributed by atoms with Gasteiger partial charge >= 0.3 is 0 Å². The number of benzene rings is 1. The lowest BCUT2D eigenvalue weighted by atomic mass is 10.2. The van der Waals surface area contributed by atoms with Gasteiger partial charge < -0.3 is 10.5 Å². The third-order valence-electron chi connectivity index (χ3n) is 2.83. The first-order valence-corrected chi connectivity index (χ1v) is 6.76. The minimum Gasteiger partial charge on any atom is -0.384 e. The second-order valence-electron chi connectivity index (χ2n) is 4.08. The number of nitrogens with one attached hydrogen (secondary N) is 1. The van der Waals surface area contributed by atoms with Crippen LogP contribution in [0.4, 0.5) is 0 Å². The lowest BCUT2D eigenvalue weighted by Crippen LogP contribution is -2.13. The van der Waals surface area contributed by atoms with E-state index in [9.17, 15) is 0 Å². The average Bonchev–Trinajstić information content (AvgIpc) is 2.67. The van der Waals surface area contributed by atoms with Crippen LogP contribution in [0.3, 0.4) is 0 Å². The second-order valence-corrected chi connectivity index (χ2v) is 5.77. The molecule has 0 spiro atoms. The van der Waals surface area contributed by atoms with Gasteiger partial charge in [-0.15, -0.1) is 11.8 Å². The van der Waals surface area contributed by atoms with Gasteiger partial charge in [-0.1, -0.05) is 17.7 Å². The van der Waals surface area contributed by atoms with Gasteiger partial charge in [-0.05, 0) is 25.5 Å². The Kier molecular flexibility index (Phi) is 3.97. The maximum absolute atomic E-state index is 7.35. The van der Waals surface area contributed by atoms with E-state index in [-0.39, 0.29) is 11.9 Å². The average molecular weight is 271 g/mol. The molecule has 1 heterocycles. The van der Waals surface area contributed by atoms with E-state index >= 15 is 0 Å². The zero-order chi connectivity index (χ0) is 12.4. The highest BCUT2D eigenvalue weighted by molar-refractivity contribution is 8.00. The zero-order valence-electron chi connectivity index (χ0n) is 9.57. The summed E-state index contributed by atoms with van der Waals surface area (Å²) in [5.74, 6) is 0.0426. The first-order chi connectivity index (χ1) is 8.08. The van der Waals surface area contributed by atoms with Crippen molar-refractivity contribution in [3.8, 4) is 0 Å². The molecule has 0 radical (unpaired) electrons.